The topological polar surface area (TPSA) is 119 Å². The maximum Gasteiger partial charge on any atom is 0.469 e. The molecule has 0 saturated heterocycles. The van der Waals surface area contributed by atoms with Crippen molar-refractivity contribution in [3.63, 3.8) is 0 Å². The molecule has 0 aromatic carbocycles. The molecule has 8 nitrogen and oxygen atoms in total. The Kier molecular flexibility index (Phi) is 43.4. The number of carbonyl (C=O) groups is 2. The number of allylic oxidation sites excluding steroid dienone is 2. The van der Waals surface area contributed by atoms with Crippen LogP contribution in [0.2, 0.25) is 0 Å². The lowest BCUT2D eigenvalue weighted by Crippen LogP contribution is -2.29. The van der Waals surface area contributed by atoms with Gasteiger partial charge in [0.2, 0.25) is 0 Å². The lowest BCUT2D eigenvalue weighted by Gasteiger charge is -2.18. The quantitative estimate of drug-likeness (QED) is 0.0269. The zero-order valence-electron chi connectivity index (χ0n) is 37.5. The van der Waals surface area contributed by atoms with Gasteiger partial charge in [-0.1, -0.05) is 225 Å². The first-order valence-electron chi connectivity index (χ1n) is 24.5. The summed E-state index contributed by atoms with van der Waals surface area (Å²) in [5.74, 6) is -0.878. The van der Waals surface area contributed by atoms with Gasteiger partial charge in [0.05, 0.1) is 6.61 Å². The number of phosphoric ester groups is 1. The molecule has 0 saturated carbocycles. The minimum atomic E-state index is -4.75. The molecule has 0 aliphatic heterocycles. The third-order valence-electron chi connectivity index (χ3n) is 11.0. The molecule has 2 N–H and O–H groups in total. The zero-order chi connectivity index (χ0) is 41.8. The third-order valence-corrected chi connectivity index (χ3v) is 11.5. The molecule has 1 atom stereocenters. The van der Waals surface area contributed by atoms with Crippen molar-refractivity contribution in [3.8, 4) is 0 Å². The molecule has 0 heterocycles. The van der Waals surface area contributed by atoms with E-state index >= 15 is 0 Å². The molecular weight excluding hydrogens is 735 g/mol. The van der Waals surface area contributed by atoms with Crippen molar-refractivity contribution in [2.24, 2.45) is 0 Å². The summed E-state index contributed by atoms with van der Waals surface area (Å²) < 4.78 is 26.5. The van der Waals surface area contributed by atoms with Crippen LogP contribution < -0.4 is 0 Å². The van der Waals surface area contributed by atoms with Crippen molar-refractivity contribution in [3.05, 3.63) is 12.2 Å². The average Bonchev–Trinajstić information content (AvgIpc) is 3.18. The van der Waals surface area contributed by atoms with Crippen LogP contribution in [0.3, 0.4) is 0 Å². The van der Waals surface area contributed by atoms with Crippen molar-refractivity contribution in [1.29, 1.82) is 0 Å². The fourth-order valence-corrected chi connectivity index (χ4v) is 7.73. The Labute approximate surface area is 352 Å². The molecule has 0 spiro atoms. The number of hydrogen-bond donors (Lipinski definition) is 2. The summed E-state index contributed by atoms with van der Waals surface area (Å²) in [6.07, 6.45) is 50.9. The largest absolute Gasteiger partial charge is 0.469 e. The van der Waals surface area contributed by atoms with Gasteiger partial charge in [0.1, 0.15) is 6.61 Å². The predicted molar refractivity (Wildman–Crippen MR) is 239 cm³/mol. The standard InChI is InChI=1S/C48H93O8P/c1-3-5-7-9-11-13-15-17-19-21-22-23-24-25-26-27-29-30-32-34-36-38-40-42-47(49)54-44-46(45-55-57(51,52)53)56-48(50)43-41-39-37-35-33-31-28-20-18-16-14-12-10-8-6-4-2/h20,28,46H,3-19,21-27,29-45H2,1-2H3,(H2,51,52,53)/b28-20-. The lowest BCUT2D eigenvalue weighted by atomic mass is 10.0. The Morgan fingerprint density at radius 2 is 0.737 bits per heavy atom. The average molecular weight is 829 g/mol. The summed E-state index contributed by atoms with van der Waals surface area (Å²) >= 11 is 0. The molecule has 0 rings (SSSR count). The molecule has 1 unspecified atom stereocenters. The second kappa shape index (κ2) is 44.3. The third kappa shape index (κ3) is 47.3. The van der Waals surface area contributed by atoms with Gasteiger partial charge in [-0.15, -0.1) is 0 Å². The first-order chi connectivity index (χ1) is 27.8. The van der Waals surface area contributed by atoms with Crippen LogP contribution in [0.15, 0.2) is 12.2 Å². The molecule has 9 heteroatoms. The normalized spacial score (nSPS) is 12.4. The molecule has 0 aliphatic carbocycles. The first kappa shape index (κ1) is 55.8. The van der Waals surface area contributed by atoms with Crippen LogP contribution in [-0.4, -0.2) is 41.0 Å². The van der Waals surface area contributed by atoms with E-state index in [1.54, 1.807) is 0 Å². The van der Waals surface area contributed by atoms with Crippen LogP contribution in [0.25, 0.3) is 0 Å². The molecule has 0 fully saturated rings. The molecule has 0 bridgehead atoms. The summed E-state index contributed by atoms with van der Waals surface area (Å²) in [6.45, 7) is 3.72. The van der Waals surface area contributed by atoms with Gasteiger partial charge < -0.3 is 19.3 Å². The second-order valence-corrected chi connectivity index (χ2v) is 18.0. The predicted octanol–water partition coefficient (Wildman–Crippen LogP) is 15.4. The van der Waals surface area contributed by atoms with Crippen LogP contribution >= 0.6 is 7.82 Å². The Balaban J connectivity index is 3.78. The second-order valence-electron chi connectivity index (χ2n) is 16.8. The highest BCUT2D eigenvalue weighted by Gasteiger charge is 2.23. The molecule has 0 aliphatic rings. The van der Waals surface area contributed by atoms with Crippen LogP contribution in [0.1, 0.15) is 264 Å². The van der Waals surface area contributed by atoms with E-state index < -0.39 is 32.5 Å². The highest BCUT2D eigenvalue weighted by atomic mass is 31.2. The Morgan fingerprint density at radius 1 is 0.439 bits per heavy atom. The molecule has 0 amide bonds. The highest BCUT2D eigenvalue weighted by Crippen LogP contribution is 2.36. The van der Waals surface area contributed by atoms with Crippen LogP contribution in [0.5, 0.6) is 0 Å². The van der Waals surface area contributed by atoms with E-state index in [2.05, 4.69) is 30.5 Å². The molecule has 0 aromatic heterocycles. The SMILES string of the molecule is CCCCCCCCC/C=C\CCCCCCCC(=O)OC(COC(=O)CCCCCCCCCCCCCCCCCCCCCCCCC)COP(=O)(O)O. The van der Waals surface area contributed by atoms with Crippen LogP contribution in [0.4, 0.5) is 0 Å². The number of rotatable bonds is 46. The zero-order valence-corrected chi connectivity index (χ0v) is 38.4. The van der Waals surface area contributed by atoms with Crippen molar-refractivity contribution in [1.82, 2.24) is 0 Å². The number of phosphoric acid groups is 1. The van der Waals surface area contributed by atoms with Crippen LogP contribution in [0, 0.1) is 0 Å². The van der Waals surface area contributed by atoms with Gasteiger partial charge in [0.15, 0.2) is 6.10 Å². The van der Waals surface area contributed by atoms with E-state index in [1.807, 2.05) is 0 Å². The van der Waals surface area contributed by atoms with Crippen molar-refractivity contribution >= 4 is 19.8 Å². The first-order valence-corrected chi connectivity index (χ1v) is 26.0. The van der Waals surface area contributed by atoms with Gasteiger partial charge >= 0.3 is 19.8 Å². The number of unbranched alkanes of at least 4 members (excludes halogenated alkanes) is 34. The van der Waals surface area contributed by atoms with E-state index in [-0.39, 0.29) is 19.4 Å². The smallest absolute Gasteiger partial charge is 0.462 e. The van der Waals surface area contributed by atoms with Gasteiger partial charge in [-0.2, -0.15) is 0 Å². The maximum absolute atomic E-state index is 12.4. The molecule has 0 aromatic rings. The van der Waals surface area contributed by atoms with Crippen molar-refractivity contribution in [2.45, 2.75) is 270 Å². The number of carbonyl (C=O) groups excluding carboxylic acids is 2. The van der Waals surface area contributed by atoms with E-state index in [9.17, 15) is 14.2 Å². The number of hydrogen-bond acceptors (Lipinski definition) is 6. The van der Waals surface area contributed by atoms with E-state index in [0.29, 0.717) is 6.42 Å². The summed E-state index contributed by atoms with van der Waals surface area (Å²) in [7, 11) is -4.75. The van der Waals surface area contributed by atoms with Crippen molar-refractivity contribution in [2.75, 3.05) is 13.2 Å². The van der Waals surface area contributed by atoms with Crippen molar-refractivity contribution < 1.29 is 37.9 Å². The Morgan fingerprint density at radius 3 is 1.07 bits per heavy atom. The van der Waals surface area contributed by atoms with Gasteiger partial charge in [-0.3, -0.25) is 14.1 Å². The fourth-order valence-electron chi connectivity index (χ4n) is 7.37. The molecular formula is C48H93O8P. The van der Waals surface area contributed by atoms with E-state index in [0.717, 1.165) is 51.4 Å². The Hall–Kier alpha value is -1.21. The van der Waals surface area contributed by atoms with E-state index in [1.165, 1.54) is 180 Å². The maximum atomic E-state index is 12.4. The van der Waals surface area contributed by atoms with Crippen LogP contribution in [-0.2, 0) is 28.2 Å². The summed E-state index contributed by atoms with van der Waals surface area (Å²) in [4.78, 5) is 43.0. The summed E-state index contributed by atoms with van der Waals surface area (Å²) in [5, 5.41) is 0. The highest BCUT2D eigenvalue weighted by molar-refractivity contribution is 7.46. The fraction of sp³-hybridized carbons (Fsp3) is 0.917. The molecule has 0 radical (unpaired) electrons. The molecule has 338 valence electrons. The molecule has 57 heavy (non-hydrogen) atoms. The van der Waals surface area contributed by atoms with Gasteiger partial charge in [0, 0.05) is 12.8 Å². The number of ether oxygens (including phenoxy) is 2. The minimum absolute atomic E-state index is 0.207. The number of esters is 2. The Bertz CT molecular complexity index is 935. The summed E-state index contributed by atoms with van der Waals surface area (Å²) in [6, 6.07) is 0. The van der Waals surface area contributed by atoms with Gasteiger partial charge in [-0.25, -0.2) is 4.57 Å². The monoisotopic (exact) mass is 829 g/mol. The van der Waals surface area contributed by atoms with Gasteiger partial charge in [0.25, 0.3) is 0 Å². The van der Waals surface area contributed by atoms with Gasteiger partial charge in [-0.05, 0) is 38.5 Å². The lowest BCUT2D eigenvalue weighted by molar-refractivity contribution is -0.161. The minimum Gasteiger partial charge on any atom is -0.462 e. The summed E-state index contributed by atoms with van der Waals surface area (Å²) in [5.41, 5.74) is 0. The van der Waals surface area contributed by atoms with E-state index in [4.69, 9.17) is 19.3 Å².